The maximum absolute atomic E-state index is 12.0. The number of hydrogen-bond acceptors (Lipinski definition) is 4. The van der Waals surface area contributed by atoms with Gasteiger partial charge in [-0.05, 0) is 31.5 Å². The normalized spacial score (nSPS) is 10.8. The molecule has 6 heteroatoms. The van der Waals surface area contributed by atoms with Crippen molar-refractivity contribution in [1.82, 2.24) is 9.88 Å². The molecule has 0 aliphatic rings. The van der Waals surface area contributed by atoms with Crippen LogP contribution >= 0.6 is 11.6 Å². The summed E-state index contributed by atoms with van der Waals surface area (Å²) < 4.78 is 0. The molecule has 0 aliphatic carbocycles. The van der Waals surface area contributed by atoms with E-state index in [2.05, 4.69) is 17.2 Å². The fourth-order valence-electron chi connectivity index (χ4n) is 1.82. The lowest BCUT2D eigenvalue weighted by atomic mass is 10.3. The molecule has 5 nitrogen and oxygen atoms in total. The molecule has 0 saturated carbocycles. The molecule has 1 rings (SSSR count). The Kier molecular flexibility index (Phi) is 8.18. The Morgan fingerprint density at radius 3 is 2.85 bits per heavy atom. The third-order valence-corrected chi connectivity index (χ3v) is 3.16. The van der Waals surface area contributed by atoms with E-state index in [-0.39, 0.29) is 17.7 Å². The highest BCUT2D eigenvalue weighted by atomic mass is 35.5. The Bertz CT molecular complexity index is 407. The van der Waals surface area contributed by atoms with Gasteiger partial charge >= 0.3 is 0 Å². The predicted molar refractivity (Wildman–Crippen MR) is 80.9 cm³/mol. The molecule has 0 aliphatic heterocycles. The van der Waals surface area contributed by atoms with Crippen LogP contribution in [0.15, 0.2) is 18.3 Å². The van der Waals surface area contributed by atoms with Crippen molar-refractivity contribution in [2.24, 2.45) is 0 Å². The van der Waals surface area contributed by atoms with Gasteiger partial charge in [0.05, 0.1) is 12.2 Å². The van der Waals surface area contributed by atoms with Crippen LogP contribution in [-0.2, 0) is 4.79 Å². The van der Waals surface area contributed by atoms with Crippen molar-refractivity contribution in [3.05, 3.63) is 23.5 Å². The molecule has 0 fully saturated rings. The summed E-state index contributed by atoms with van der Waals surface area (Å²) in [4.78, 5) is 18.0. The Hall–Kier alpha value is -1.17. The predicted octanol–water partition coefficient (Wildman–Crippen LogP) is 2.16. The molecule has 112 valence electrons. The zero-order valence-corrected chi connectivity index (χ0v) is 12.6. The fourth-order valence-corrected chi connectivity index (χ4v) is 1.98. The number of hydrogen-bond donors (Lipinski definition) is 2. The van der Waals surface area contributed by atoms with Gasteiger partial charge in [0, 0.05) is 19.3 Å². The number of aliphatic hydroxyl groups excluding tert-OH is 1. The van der Waals surface area contributed by atoms with Crippen molar-refractivity contribution in [3.8, 4) is 0 Å². The van der Waals surface area contributed by atoms with Crippen LogP contribution in [0, 0.1) is 0 Å². The summed E-state index contributed by atoms with van der Waals surface area (Å²) in [5.74, 6) is -0.117. The molecule has 0 saturated heterocycles. The number of nitrogens with one attached hydrogen (secondary N) is 1. The van der Waals surface area contributed by atoms with Crippen LogP contribution in [0.3, 0.4) is 0 Å². The largest absolute Gasteiger partial charge is 0.396 e. The van der Waals surface area contributed by atoms with Crippen molar-refractivity contribution in [3.63, 3.8) is 0 Å². The molecule has 2 N–H and O–H groups in total. The van der Waals surface area contributed by atoms with Crippen molar-refractivity contribution in [1.29, 1.82) is 0 Å². The topological polar surface area (TPSA) is 65.5 Å². The van der Waals surface area contributed by atoms with Gasteiger partial charge < -0.3 is 10.4 Å². The second kappa shape index (κ2) is 9.69. The van der Waals surface area contributed by atoms with Gasteiger partial charge in [-0.15, -0.1) is 0 Å². The zero-order chi connectivity index (χ0) is 14.8. The Morgan fingerprint density at radius 1 is 1.45 bits per heavy atom. The van der Waals surface area contributed by atoms with Crippen LogP contribution in [0.25, 0.3) is 0 Å². The Morgan fingerprint density at radius 2 is 2.20 bits per heavy atom. The quantitative estimate of drug-likeness (QED) is 0.686. The highest BCUT2D eigenvalue weighted by Gasteiger charge is 2.11. The summed E-state index contributed by atoms with van der Waals surface area (Å²) in [6.07, 6.45) is 4.36. The third kappa shape index (κ3) is 6.32. The summed E-state index contributed by atoms with van der Waals surface area (Å²) >= 11 is 5.90. The minimum absolute atomic E-state index is 0.117. The summed E-state index contributed by atoms with van der Waals surface area (Å²) in [6.45, 7) is 4.11. The van der Waals surface area contributed by atoms with Crippen molar-refractivity contribution in [2.45, 2.75) is 26.2 Å². The molecule has 0 spiro atoms. The van der Waals surface area contributed by atoms with Crippen molar-refractivity contribution >= 4 is 23.2 Å². The molecule has 20 heavy (non-hydrogen) atoms. The van der Waals surface area contributed by atoms with Gasteiger partial charge in [-0.25, -0.2) is 4.98 Å². The first-order valence-corrected chi connectivity index (χ1v) is 7.28. The van der Waals surface area contributed by atoms with E-state index in [9.17, 15) is 4.79 Å². The average Bonchev–Trinajstić information content (AvgIpc) is 2.44. The second-order valence-corrected chi connectivity index (χ2v) is 4.95. The second-order valence-electron chi connectivity index (χ2n) is 4.60. The lowest BCUT2D eigenvalue weighted by Crippen LogP contribution is -2.35. The summed E-state index contributed by atoms with van der Waals surface area (Å²) in [5, 5.41) is 11.9. The number of halogens is 1. The van der Waals surface area contributed by atoms with Crippen LogP contribution in [0.1, 0.15) is 26.2 Å². The molecule has 1 amide bonds. The highest BCUT2D eigenvalue weighted by Crippen LogP contribution is 2.17. The van der Waals surface area contributed by atoms with E-state index in [0.717, 1.165) is 19.4 Å². The van der Waals surface area contributed by atoms with Gasteiger partial charge in [-0.2, -0.15) is 0 Å². The maximum Gasteiger partial charge on any atom is 0.238 e. The van der Waals surface area contributed by atoms with E-state index >= 15 is 0 Å². The van der Waals surface area contributed by atoms with Gasteiger partial charge in [-0.3, -0.25) is 9.69 Å². The Balaban J connectivity index is 2.50. The summed E-state index contributed by atoms with van der Waals surface area (Å²) in [5.41, 5.74) is 0.525. The van der Waals surface area contributed by atoms with E-state index in [1.165, 1.54) is 0 Å². The number of carbonyl (C=O) groups excluding carboxylic acids is 1. The first kappa shape index (κ1) is 16.9. The van der Waals surface area contributed by atoms with Crippen molar-refractivity contribution < 1.29 is 9.90 Å². The van der Waals surface area contributed by atoms with Crippen LogP contribution < -0.4 is 5.32 Å². The van der Waals surface area contributed by atoms with E-state index in [1.807, 2.05) is 4.90 Å². The number of carbonyl (C=O) groups is 1. The van der Waals surface area contributed by atoms with Gasteiger partial charge in [-0.1, -0.05) is 24.9 Å². The third-order valence-electron chi connectivity index (χ3n) is 2.86. The zero-order valence-electron chi connectivity index (χ0n) is 11.8. The standard InChI is InChI=1S/C14H22ClN3O2/c1-2-3-8-18(9-5-10-19)11-13(20)17-12-6-4-7-16-14(12)15/h4,6-7,19H,2-3,5,8-11H2,1H3,(H,17,20). The van der Waals surface area contributed by atoms with E-state index < -0.39 is 0 Å². The molecule has 0 atom stereocenters. The highest BCUT2D eigenvalue weighted by molar-refractivity contribution is 6.32. The van der Waals surface area contributed by atoms with Gasteiger partial charge in [0.25, 0.3) is 0 Å². The minimum Gasteiger partial charge on any atom is -0.396 e. The first-order valence-electron chi connectivity index (χ1n) is 6.91. The number of unbranched alkanes of at least 4 members (excludes halogenated alkanes) is 1. The average molecular weight is 300 g/mol. The van der Waals surface area contributed by atoms with Gasteiger partial charge in [0.15, 0.2) is 5.15 Å². The molecule has 0 unspecified atom stereocenters. The van der Waals surface area contributed by atoms with Crippen LogP contribution in [0.2, 0.25) is 5.15 Å². The lowest BCUT2D eigenvalue weighted by Gasteiger charge is -2.21. The van der Waals surface area contributed by atoms with Crippen molar-refractivity contribution in [2.75, 3.05) is 31.6 Å². The molecule has 0 bridgehead atoms. The minimum atomic E-state index is -0.117. The van der Waals surface area contributed by atoms with Gasteiger partial charge in [0.2, 0.25) is 5.91 Å². The first-order chi connectivity index (χ1) is 9.67. The van der Waals surface area contributed by atoms with E-state index in [4.69, 9.17) is 16.7 Å². The molecule has 1 aromatic rings. The number of pyridine rings is 1. The number of aliphatic hydroxyl groups is 1. The molecule has 0 radical (unpaired) electrons. The van der Waals surface area contributed by atoms with Gasteiger partial charge in [0.1, 0.15) is 0 Å². The number of amides is 1. The SMILES string of the molecule is CCCCN(CCCO)CC(=O)Nc1cccnc1Cl. The monoisotopic (exact) mass is 299 g/mol. The number of rotatable bonds is 9. The molecule has 1 heterocycles. The smallest absolute Gasteiger partial charge is 0.238 e. The summed E-state index contributed by atoms with van der Waals surface area (Å²) in [6, 6.07) is 3.44. The van der Waals surface area contributed by atoms with Crippen LogP contribution in [0.5, 0.6) is 0 Å². The van der Waals surface area contributed by atoms with Crippen LogP contribution in [0.4, 0.5) is 5.69 Å². The van der Waals surface area contributed by atoms with E-state index in [1.54, 1.807) is 18.3 Å². The number of aromatic nitrogens is 1. The molecule has 1 aromatic heterocycles. The molecular weight excluding hydrogens is 278 g/mol. The lowest BCUT2D eigenvalue weighted by molar-refractivity contribution is -0.117. The maximum atomic E-state index is 12.0. The Labute approximate surface area is 125 Å². The fraction of sp³-hybridized carbons (Fsp3) is 0.571. The molecular formula is C14H22ClN3O2. The summed E-state index contributed by atoms with van der Waals surface area (Å²) in [7, 11) is 0. The number of anilines is 1. The van der Waals surface area contributed by atoms with Crippen LogP contribution in [-0.4, -0.2) is 47.1 Å². The molecule has 0 aromatic carbocycles. The van der Waals surface area contributed by atoms with E-state index in [0.29, 0.717) is 25.2 Å². The number of nitrogens with zero attached hydrogens (tertiary/aromatic N) is 2.